The Kier molecular flexibility index (Phi) is 3.68. The Bertz CT molecular complexity index is 696. The van der Waals surface area contributed by atoms with E-state index in [1.54, 1.807) is 30.0 Å². The molecule has 6 heteroatoms. The number of hydrogen-bond donors (Lipinski definition) is 0. The minimum atomic E-state index is -4.73. The summed E-state index contributed by atoms with van der Waals surface area (Å²) in [5.74, 6) is -1.18. The van der Waals surface area contributed by atoms with E-state index in [-0.39, 0.29) is 0 Å². The number of hydrogen-bond acceptors (Lipinski definition) is 2. The van der Waals surface area contributed by atoms with Crippen LogP contribution in [-0.2, 0) is 4.74 Å². The summed E-state index contributed by atoms with van der Waals surface area (Å²) in [4.78, 5) is 0. The highest BCUT2D eigenvalue weighted by Gasteiger charge is 2.43. The van der Waals surface area contributed by atoms with Gasteiger partial charge in [-0.25, -0.2) is 0 Å². The molecule has 0 spiro atoms. The molecular weight excluding hydrogens is 271 g/mol. The van der Waals surface area contributed by atoms with Crippen LogP contribution >= 0.6 is 0 Å². The summed E-state index contributed by atoms with van der Waals surface area (Å²) < 4.78 is 44.4. The van der Waals surface area contributed by atoms with Gasteiger partial charge in [0.05, 0.1) is 0 Å². The summed E-state index contributed by atoms with van der Waals surface area (Å²) >= 11 is 0. The first-order valence-corrected chi connectivity index (χ1v) is 5.62. The summed E-state index contributed by atoms with van der Waals surface area (Å²) in [5.41, 5.74) is 0.806. The number of rotatable bonds is 2. The number of pyridine rings is 1. The largest absolute Gasteiger partial charge is 0.611 e. The maximum Gasteiger partial charge on any atom is 0.486 e. The summed E-state index contributed by atoms with van der Waals surface area (Å²) in [6.07, 6.45) is -3.51. The maximum atomic E-state index is 13.1. The van der Waals surface area contributed by atoms with Gasteiger partial charge in [0, 0.05) is 17.5 Å². The van der Waals surface area contributed by atoms with E-state index in [0.717, 1.165) is 11.7 Å². The quantitative estimate of drug-likeness (QED) is 0.479. The van der Waals surface area contributed by atoms with Gasteiger partial charge in [-0.05, 0) is 25.0 Å². The minimum Gasteiger partial charge on any atom is -0.611 e. The standard InChI is InChI=1S/C14H10F3NO2/c1-20-13(19)9-12(14(15,16)17)18-8-4-6-10-5-2-3-7-11(10)18/h2-8H,1H3. The van der Waals surface area contributed by atoms with E-state index in [4.69, 9.17) is 0 Å². The number of aromatic nitrogens is 1. The maximum absolute atomic E-state index is 13.1. The van der Waals surface area contributed by atoms with E-state index < -0.39 is 17.8 Å². The Labute approximate surface area is 112 Å². The molecule has 0 aliphatic rings. The minimum absolute atomic E-state index is 0.318. The van der Waals surface area contributed by atoms with Crippen LogP contribution in [0, 0.1) is 0 Å². The molecular formula is C14H10F3NO2. The molecule has 0 unspecified atom stereocenters. The lowest BCUT2D eigenvalue weighted by atomic mass is 10.2. The van der Waals surface area contributed by atoms with Crippen LogP contribution in [-0.4, -0.2) is 13.3 Å². The Morgan fingerprint density at radius 1 is 1.20 bits per heavy atom. The molecule has 0 radical (unpaired) electrons. The van der Waals surface area contributed by atoms with Crippen molar-refractivity contribution in [2.45, 2.75) is 6.18 Å². The van der Waals surface area contributed by atoms with Crippen LogP contribution in [0.3, 0.4) is 0 Å². The molecule has 1 aromatic carbocycles. The molecule has 0 aliphatic heterocycles. The van der Waals surface area contributed by atoms with Gasteiger partial charge in [0.2, 0.25) is 5.52 Å². The van der Waals surface area contributed by atoms with Crippen LogP contribution in [0.5, 0.6) is 0 Å². The zero-order valence-electron chi connectivity index (χ0n) is 10.4. The van der Waals surface area contributed by atoms with Crippen LogP contribution in [0.25, 0.3) is 16.6 Å². The van der Waals surface area contributed by atoms with Crippen molar-refractivity contribution in [1.29, 1.82) is 0 Å². The summed E-state index contributed by atoms with van der Waals surface area (Å²) in [5, 5.41) is 11.7. The molecule has 0 saturated heterocycles. The predicted octanol–water partition coefficient (Wildman–Crippen LogP) is 1.98. The SMILES string of the molecule is COC([O-])=C=C([n+]1cccc2ccccc21)C(F)(F)F. The van der Waals surface area contributed by atoms with E-state index in [2.05, 4.69) is 4.74 Å². The lowest BCUT2D eigenvalue weighted by Gasteiger charge is -2.08. The fourth-order valence-corrected chi connectivity index (χ4v) is 1.77. The Morgan fingerprint density at radius 2 is 1.85 bits per heavy atom. The van der Waals surface area contributed by atoms with Crippen molar-refractivity contribution >= 4 is 16.6 Å². The van der Waals surface area contributed by atoms with Gasteiger partial charge in [0.15, 0.2) is 6.20 Å². The number of allylic oxidation sites excluding steroid dienone is 1. The molecule has 0 saturated carbocycles. The van der Waals surface area contributed by atoms with Gasteiger partial charge in [-0.3, -0.25) is 0 Å². The average Bonchev–Trinajstić information content (AvgIpc) is 2.43. The molecule has 0 fully saturated rings. The van der Waals surface area contributed by atoms with Crippen molar-refractivity contribution in [1.82, 2.24) is 0 Å². The first kappa shape index (κ1) is 14.0. The van der Waals surface area contributed by atoms with Crippen LogP contribution < -0.4 is 9.67 Å². The lowest BCUT2D eigenvalue weighted by Crippen LogP contribution is -2.40. The molecule has 0 atom stereocenters. The van der Waals surface area contributed by atoms with Crippen LogP contribution in [0.4, 0.5) is 13.2 Å². The molecule has 20 heavy (non-hydrogen) atoms. The molecule has 104 valence electrons. The predicted molar refractivity (Wildman–Crippen MR) is 63.9 cm³/mol. The lowest BCUT2D eigenvalue weighted by molar-refractivity contribution is -0.569. The Balaban J connectivity index is 2.81. The van der Waals surface area contributed by atoms with Gasteiger partial charge in [-0.1, -0.05) is 12.1 Å². The van der Waals surface area contributed by atoms with E-state index in [9.17, 15) is 18.3 Å². The number of alkyl halides is 3. The summed E-state index contributed by atoms with van der Waals surface area (Å²) in [6, 6.07) is 9.68. The molecule has 1 heterocycles. The fourth-order valence-electron chi connectivity index (χ4n) is 1.77. The summed E-state index contributed by atoms with van der Waals surface area (Å²) in [6.45, 7) is 0. The molecule has 2 rings (SSSR count). The van der Waals surface area contributed by atoms with Gasteiger partial charge in [-0.2, -0.15) is 13.2 Å². The second-order valence-corrected chi connectivity index (χ2v) is 3.90. The Morgan fingerprint density at radius 3 is 2.50 bits per heavy atom. The van der Waals surface area contributed by atoms with Gasteiger partial charge in [-0.15, -0.1) is 4.57 Å². The third-order valence-corrected chi connectivity index (χ3v) is 2.62. The highest BCUT2D eigenvalue weighted by atomic mass is 19.4. The van der Waals surface area contributed by atoms with Gasteiger partial charge >= 0.3 is 11.9 Å². The van der Waals surface area contributed by atoms with Gasteiger partial charge in [0.1, 0.15) is 5.95 Å². The van der Waals surface area contributed by atoms with Crippen LogP contribution in [0.1, 0.15) is 0 Å². The highest BCUT2D eigenvalue weighted by Crippen LogP contribution is 2.26. The van der Waals surface area contributed by atoms with E-state index in [0.29, 0.717) is 10.9 Å². The van der Waals surface area contributed by atoms with Crippen molar-refractivity contribution in [3.8, 4) is 0 Å². The van der Waals surface area contributed by atoms with Crippen molar-refractivity contribution in [3.05, 3.63) is 54.3 Å². The van der Waals surface area contributed by atoms with E-state index in [1.807, 2.05) is 0 Å². The molecule has 0 bridgehead atoms. The first-order valence-electron chi connectivity index (χ1n) is 5.62. The molecule has 0 N–H and O–H groups in total. The third kappa shape index (κ3) is 2.75. The number of fused-ring (bicyclic) bond motifs is 1. The number of benzene rings is 1. The van der Waals surface area contributed by atoms with Crippen molar-refractivity contribution in [3.63, 3.8) is 0 Å². The second kappa shape index (κ2) is 5.27. The number of nitrogens with zero attached hydrogens (tertiary/aromatic N) is 1. The van der Waals surface area contributed by atoms with Crippen molar-refractivity contribution < 1.29 is 27.6 Å². The molecule has 0 amide bonds. The van der Waals surface area contributed by atoms with E-state index >= 15 is 0 Å². The zero-order chi connectivity index (χ0) is 14.8. The monoisotopic (exact) mass is 281 g/mol. The molecule has 3 nitrogen and oxygen atoms in total. The zero-order valence-corrected chi connectivity index (χ0v) is 10.4. The number of halogens is 3. The Hall–Kier alpha value is -2.46. The smallest absolute Gasteiger partial charge is 0.486 e. The van der Waals surface area contributed by atoms with Gasteiger partial charge in [0.25, 0.3) is 0 Å². The topological polar surface area (TPSA) is 36.2 Å². The molecule has 0 aliphatic carbocycles. The molecule has 2 aromatic rings. The normalized spacial score (nSPS) is 11.0. The van der Waals surface area contributed by atoms with Crippen LogP contribution in [0.15, 0.2) is 54.3 Å². The molecule has 1 aromatic heterocycles. The van der Waals surface area contributed by atoms with Gasteiger partial charge < -0.3 is 9.84 Å². The second-order valence-electron chi connectivity index (χ2n) is 3.90. The number of ether oxygens (including phenoxy) is 1. The van der Waals surface area contributed by atoms with E-state index in [1.165, 1.54) is 18.3 Å². The van der Waals surface area contributed by atoms with Crippen molar-refractivity contribution in [2.75, 3.05) is 7.11 Å². The first-order chi connectivity index (χ1) is 9.43. The highest BCUT2D eigenvalue weighted by molar-refractivity contribution is 5.76. The fraction of sp³-hybridized carbons (Fsp3) is 0.143. The summed E-state index contributed by atoms with van der Waals surface area (Å²) in [7, 11) is 0.997. The number of para-hydroxylation sites is 1. The van der Waals surface area contributed by atoms with Crippen molar-refractivity contribution in [2.24, 2.45) is 0 Å². The van der Waals surface area contributed by atoms with Crippen LogP contribution in [0.2, 0.25) is 0 Å². The third-order valence-electron chi connectivity index (χ3n) is 2.62. The average molecular weight is 281 g/mol. The number of methoxy groups -OCH3 is 1.